The van der Waals surface area contributed by atoms with Gasteiger partial charge in [-0.1, -0.05) is 51.7 Å². The quantitative estimate of drug-likeness (QED) is 0.280. The van der Waals surface area contributed by atoms with Gasteiger partial charge in [-0.2, -0.15) is 0 Å². The van der Waals surface area contributed by atoms with E-state index >= 15 is 0 Å². The van der Waals surface area contributed by atoms with Crippen molar-refractivity contribution in [3.05, 3.63) is 36.5 Å². The van der Waals surface area contributed by atoms with Gasteiger partial charge in [-0.05, 0) is 74.2 Å². The molecule has 0 unspecified atom stereocenters. The molecule has 5 fully saturated rings. The van der Waals surface area contributed by atoms with Crippen LogP contribution in [-0.4, -0.2) is 88.8 Å². The molecular weight excluding hydrogens is 500 g/mol. The molecule has 7 nitrogen and oxygen atoms in total. The van der Waals surface area contributed by atoms with E-state index in [1.54, 1.807) is 4.90 Å². The van der Waals surface area contributed by atoms with Crippen molar-refractivity contribution in [2.75, 3.05) is 45.8 Å². The second kappa shape index (κ2) is 11.5. The van der Waals surface area contributed by atoms with Gasteiger partial charge in [0.1, 0.15) is 5.54 Å². The van der Waals surface area contributed by atoms with E-state index in [-0.39, 0.29) is 29.2 Å². The van der Waals surface area contributed by atoms with E-state index < -0.39 is 5.54 Å². The molecular formula is C33H50N4O3. The number of hydrogen-bond donors (Lipinski definition) is 0. The minimum absolute atomic E-state index is 0.0367. The number of nitrogens with zero attached hydrogens (tertiary/aromatic N) is 4. The average molecular weight is 551 g/mol. The zero-order valence-corrected chi connectivity index (χ0v) is 25.2. The van der Waals surface area contributed by atoms with Gasteiger partial charge in [0.25, 0.3) is 5.91 Å². The van der Waals surface area contributed by atoms with Crippen LogP contribution in [0.15, 0.2) is 36.5 Å². The number of carbonyl (C=O) groups excluding carboxylic acids is 3. The Morgan fingerprint density at radius 2 is 1.62 bits per heavy atom. The van der Waals surface area contributed by atoms with Crippen LogP contribution in [0.2, 0.25) is 0 Å². The van der Waals surface area contributed by atoms with Crippen molar-refractivity contribution in [3.8, 4) is 0 Å². The third-order valence-corrected chi connectivity index (χ3v) is 9.64. The smallest absolute Gasteiger partial charge is 0.327 e. The number of allylic oxidation sites excluding steroid dienone is 4. The van der Waals surface area contributed by atoms with Gasteiger partial charge in [-0.15, -0.1) is 0 Å². The first-order chi connectivity index (χ1) is 19.0. The molecule has 7 heteroatoms. The van der Waals surface area contributed by atoms with Crippen LogP contribution in [0.5, 0.6) is 0 Å². The normalized spacial score (nSPS) is 27.8. The zero-order chi connectivity index (χ0) is 28.7. The summed E-state index contributed by atoms with van der Waals surface area (Å²) in [5.74, 6) is 1.87. The van der Waals surface area contributed by atoms with Crippen LogP contribution in [-0.2, 0) is 9.59 Å². The largest absolute Gasteiger partial charge is 0.342 e. The SMILES string of the molecule is C=C(/C=C\C=C/C)[C@H]1CN(C(=O)CC(C)(C)C)C[C@@H]1CN1CCC2(CC1)C(=O)N(CC1CC1)C(=O)N2CC1CC1. The summed E-state index contributed by atoms with van der Waals surface area (Å²) in [6.07, 6.45) is 14.7. The Morgan fingerprint density at radius 1 is 0.975 bits per heavy atom. The topological polar surface area (TPSA) is 64.2 Å². The molecule has 0 radical (unpaired) electrons. The van der Waals surface area contributed by atoms with Crippen LogP contribution >= 0.6 is 0 Å². The number of piperidine rings is 1. The molecule has 5 rings (SSSR count). The Balaban J connectivity index is 1.26. The van der Waals surface area contributed by atoms with Crippen LogP contribution in [0.4, 0.5) is 4.79 Å². The predicted octanol–water partition coefficient (Wildman–Crippen LogP) is 5.10. The molecule has 0 aromatic carbocycles. The van der Waals surface area contributed by atoms with Crippen molar-refractivity contribution in [3.63, 3.8) is 0 Å². The monoisotopic (exact) mass is 550 g/mol. The van der Waals surface area contributed by atoms with Gasteiger partial charge in [0, 0.05) is 58.2 Å². The first kappa shape index (κ1) is 29.1. The first-order valence-electron chi connectivity index (χ1n) is 15.6. The Morgan fingerprint density at radius 3 is 2.23 bits per heavy atom. The van der Waals surface area contributed by atoms with E-state index in [1.807, 2.05) is 35.0 Å². The number of likely N-dealkylation sites (tertiary alicyclic amines) is 2. The maximum absolute atomic E-state index is 13.8. The molecule has 0 aromatic heterocycles. The molecule has 0 bridgehead atoms. The van der Waals surface area contributed by atoms with Gasteiger partial charge in [0.05, 0.1) is 0 Å². The summed E-state index contributed by atoms with van der Waals surface area (Å²) >= 11 is 0. The number of carbonyl (C=O) groups is 3. The third kappa shape index (κ3) is 6.40. The van der Waals surface area contributed by atoms with Crippen LogP contribution in [0.1, 0.15) is 72.6 Å². The lowest BCUT2D eigenvalue weighted by molar-refractivity contribution is -0.136. The maximum Gasteiger partial charge on any atom is 0.327 e. The Hall–Kier alpha value is -2.41. The highest BCUT2D eigenvalue weighted by Crippen LogP contribution is 2.43. The summed E-state index contributed by atoms with van der Waals surface area (Å²) in [7, 11) is 0. The molecule has 5 aliphatic rings. The van der Waals surface area contributed by atoms with E-state index in [9.17, 15) is 14.4 Å². The predicted molar refractivity (Wildman–Crippen MR) is 158 cm³/mol. The number of urea groups is 1. The van der Waals surface area contributed by atoms with E-state index in [1.165, 1.54) is 12.8 Å². The van der Waals surface area contributed by atoms with Gasteiger partial charge in [-0.3, -0.25) is 14.5 Å². The summed E-state index contributed by atoms with van der Waals surface area (Å²) in [5.41, 5.74) is 0.374. The molecule has 40 heavy (non-hydrogen) atoms. The number of rotatable bonds is 10. The summed E-state index contributed by atoms with van der Waals surface area (Å²) in [6.45, 7) is 18.1. The van der Waals surface area contributed by atoms with Gasteiger partial charge >= 0.3 is 6.03 Å². The Labute approximate surface area is 241 Å². The van der Waals surface area contributed by atoms with Crippen molar-refractivity contribution in [2.45, 2.75) is 78.2 Å². The molecule has 2 atom stereocenters. The highest BCUT2D eigenvalue weighted by molar-refractivity contribution is 6.07. The fourth-order valence-corrected chi connectivity index (χ4v) is 6.89. The van der Waals surface area contributed by atoms with Crippen LogP contribution < -0.4 is 0 Å². The molecule has 3 aliphatic heterocycles. The Kier molecular flexibility index (Phi) is 8.34. The van der Waals surface area contributed by atoms with Crippen molar-refractivity contribution in [1.82, 2.24) is 19.6 Å². The summed E-state index contributed by atoms with van der Waals surface area (Å²) in [4.78, 5) is 48.5. The minimum Gasteiger partial charge on any atom is -0.342 e. The van der Waals surface area contributed by atoms with Crippen molar-refractivity contribution >= 4 is 17.8 Å². The molecule has 4 amide bonds. The van der Waals surface area contributed by atoms with Crippen molar-refractivity contribution in [1.29, 1.82) is 0 Å². The molecule has 0 N–H and O–H groups in total. The van der Waals surface area contributed by atoms with E-state index in [0.29, 0.717) is 50.1 Å². The number of hydrogen-bond acceptors (Lipinski definition) is 4. The first-order valence-corrected chi connectivity index (χ1v) is 15.6. The fraction of sp³-hybridized carbons (Fsp3) is 0.727. The standard InChI is InChI=1S/C33H50N4O3/c1-6-7-8-9-24(2)28-23-35(29(38)18-32(3,4)5)22-27(28)21-34-16-14-33(15-17-34)30(39)36(19-25-10-11-25)31(40)37(33)20-26-12-13-26/h6-9,25-28H,2,10-23H2,1,3-5H3/b7-6-,9-8-/t27-,28+/m0/s1. The lowest BCUT2D eigenvalue weighted by Crippen LogP contribution is -2.57. The van der Waals surface area contributed by atoms with Crippen molar-refractivity contribution in [2.24, 2.45) is 29.1 Å². The van der Waals surface area contributed by atoms with Crippen LogP contribution in [0.3, 0.4) is 0 Å². The van der Waals surface area contributed by atoms with Gasteiger partial charge < -0.3 is 14.7 Å². The fourth-order valence-electron chi connectivity index (χ4n) is 6.89. The van der Waals surface area contributed by atoms with Crippen LogP contribution in [0, 0.1) is 29.1 Å². The van der Waals surface area contributed by atoms with E-state index in [0.717, 1.165) is 51.1 Å². The summed E-state index contributed by atoms with van der Waals surface area (Å²) in [5, 5.41) is 0. The zero-order valence-electron chi connectivity index (χ0n) is 25.2. The lowest BCUT2D eigenvalue weighted by Gasteiger charge is -2.43. The van der Waals surface area contributed by atoms with Gasteiger partial charge in [0.2, 0.25) is 5.91 Å². The third-order valence-electron chi connectivity index (χ3n) is 9.64. The van der Waals surface area contributed by atoms with Gasteiger partial charge in [0.15, 0.2) is 0 Å². The average Bonchev–Trinajstić information content (AvgIpc) is 3.83. The Bertz CT molecular complexity index is 1060. The molecule has 0 aromatic rings. The molecule has 3 heterocycles. The van der Waals surface area contributed by atoms with E-state index in [4.69, 9.17) is 0 Å². The highest BCUT2D eigenvalue weighted by Gasteiger charge is 2.59. The van der Waals surface area contributed by atoms with Crippen molar-refractivity contribution < 1.29 is 14.4 Å². The van der Waals surface area contributed by atoms with Gasteiger partial charge in [-0.25, -0.2) is 4.79 Å². The van der Waals surface area contributed by atoms with Crippen LogP contribution in [0.25, 0.3) is 0 Å². The molecule has 2 saturated carbocycles. The minimum atomic E-state index is -0.659. The maximum atomic E-state index is 13.8. The molecule has 3 saturated heterocycles. The summed E-state index contributed by atoms with van der Waals surface area (Å²) in [6, 6.07) is -0.0367. The van der Waals surface area contributed by atoms with E-state index in [2.05, 4.69) is 38.3 Å². The second-order valence-electron chi connectivity index (χ2n) is 14.4. The molecule has 2 aliphatic carbocycles. The highest BCUT2D eigenvalue weighted by atomic mass is 16.2. The number of amides is 4. The summed E-state index contributed by atoms with van der Waals surface area (Å²) < 4.78 is 0. The molecule has 220 valence electrons. The molecule has 1 spiro atoms. The number of imide groups is 1. The second-order valence-corrected chi connectivity index (χ2v) is 14.4. The lowest BCUT2D eigenvalue weighted by atomic mass is 9.84.